The largest absolute Gasteiger partial charge is 0.493 e. The summed E-state index contributed by atoms with van der Waals surface area (Å²) in [7, 11) is 0. The molecule has 3 amide bonds. The number of carbonyl (C=O) groups excluding carboxylic acids is 3. The van der Waals surface area contributed by atoms with E-state index in [1.54, 1.807) is 38.1 Å². The SMILES string of the molecule is CCOc1cc(-c2cccc(C(=O)NCNC(=O)[C@H](CCc3ccccc3)[C@@H](CC)N(O)C=O)n2)ccc1C(=O)O. The number of hydrogen-bond donors (Lipinski definition) is 4. The zero-order valence-corrected chi connectivity index (χ0v) is 22.9. The van der Waals surface area contributed by atoms with E-state index in [-0.39, 0.29) is 36.7 Å². The van der Waals surface area contributed by atoms with Gasteiger partial charge in [0.15, 0.2) is 0 Å². The predicted molar refractivity (Wildman–Crippen MR) is 150 cm³/mol. The number of rotatable bonds is 15. The second kappa shape index (κ2) is 15.1. The number of carboxylic acid groups (broad SMARTS) is 1. The number of aromatic nitrogens is 1. The number of carbonyl (C=O) groups is 4. The van der Waals surface area contributed by atoms with Crippen molar-refractivity contribution in [3.63, 3.8) is 0 Å². The van der Waals surface area contributed by atoms with Gasteiger partial charge in [0.2, 0.25) is 12.3 Å². The minimum atomic E-state index is -1.12. The van der Waals surface area contributed by atoms with E-state index in [0.717, 1.165) is 5.56 Å². The third-order valence-electron chi connectivity index (χ3n) is 6.56. The molecule has 0 spiro atoms. The molecule has 0 saturated heterocycles. The molecule has 0 saturated carbocycles. The average molecular weight is 563 g/mol. The Morgan fingerprint density at radius 3 is 2.44 bits per heavy atom. The summed E-state index contributed by atoms with van der Waals surface area (Å²) in [6.45, 7) is 3.60. The van der Waals surface area contributed by atoms with Gasteiger partial charge in [0.05, 0.1) is 30.9 Å². The topological polar surface area (TPSA) is 158 Å². The summed E-state index contributed by atoms with van der Waals surface area (Å²) in [5.74, 6) is -2.60. The van der Waals surface area contributed by atoms with Crippen molar-refractivity contribution in [2.45, 2.75) is 39.2 Å². The molecule has 0 aliphatic carbocycles. The summed E-state index contributed by atoms with van der Waals surface area (Å²) < 4.78 is 5.46. The lowest BCUT2D eigenvalue weighted by Crippen LogP contribution is -2.47. The van der Waals surface area contributed by atoms with Crippen molar-refractivity contribution < 1.29 is 34.2 Å². The summed E-state index contributed by atoms with van der Waals surface area (Å²) in [6, 6.07) is 18.2. The van der Waals surface area contributed by atoms with Crippen molar-refractivity contribution in [2.75, 3.05) is 13.3 Å². The first kappa shape index (κ1) is 30.8. The van der Waals surface area contributed by atoms with Crippen LogP contribution in [0.3, 0.4) is 0 Å². The van der Waals surface area contributed by atoms with E-state index in [0.29, 0.717) is 35.6 Å². The Bertz CT molecular complexity index is 1350. The van der Waals surface area contributed by atoms with Crippen molar-refractivity contribution in [1.29, 1.82) is 0 Å². The fourth-order valence-electron chi connectivity index (χ4n) is 4.49. The first-order chi connectivity index (χ1) is 19.8. The Kier molecular flexibility index (Phi) is 11.4. The highest BCUT2D eigenvalue weighted by molar-refractivity contribution is 5.94. The van der Waals surface area contributed by atoms with Gasteiger partial charge in [-0.1, -0.05) is 49.4 Å². The number of benzene rings is 2. The van der Waals surface area contributed by atoms with Crippen molar-refractivity contribution in [2.24, 2.45) is 5.92 Å². The number of aromatic carboxylic acids is 1. The highest BCUT2D eigenvalue weighted by atomic mass is 16.5. The van der Waals surface area contributed by atoms with Gasteiger partial charge in [-0.05, 0) is 56.0 Å². The van der Waals surface area contributed by atoms with Gasteiger partial charge in [0, 0.05) is 5.56 Å². The van der Waals surface area contributed by atoms with E-state index in [2.05, 4.69) is 15.6 Å². The molecule has 2 aromatic carbocycles. The van der Waals surface area contributed by atoms with Gasteiger partial charge in [0.1, 0.15) is 17.0 Å². The van der Waals surface area contributed by atoms with Crippen LogP contribution in [0.4, 0.5) is 0 Å². The van der Waals surface area contributed by atoms with Crippen LogP contribution in [0.5, 0.6) is 5.75 Å². The van der Waals surface area contributed by atoms with Gasteiger partial charge in [-0.25, -0.2) is 14.8 Å². The number of amides is 3. The van der Waals surface area contributed by atoms with Crippen molar-refractivity contribution in [1.82, 2.24) is 20.7 Å². The van der Waals surface area contributed by atoms with Gasteiger partial charge in [0.25, 0.3) is 5.91 Å². The van der Waals surface area contributed by atoms with Crippen LogP contribution >= 0.6 is 0 Å². The lowest BCUT2D eigenvalue weighted by Gasteiger charge is -2.29. The van der Waals surface area contributed by atoms with E-state index in [1.807, 2.05) is 30.3 Å². The molecule has 0 aliphatic heterocycles. The zero-order valence-electron chi connectivity index (χ0n) is 22.9. The first-order valence-corrected chi connectivity index (χ1v) is 13.3. The van der Waals surface area contributed by atoms with Crippen LogP contribution in [0.25, 0.3) is 11.3 Å². The summed E-state index contributed by atoms with van der Waals surface area (Å²) >= 11 is 0. The summed E-state index contributed by atoms with van der Waals surface area (Å²) in [6.07, 6.45) is 1.57. The van der Waals surface area contributed by atoms with E-state index >= 15 is 0 Å². The Hall–Kier alpha value is -4.77. The maximum absolute atomic E-state index is 13.1. The molecule has 11 heteroatoms. The van der Waals surface area contributed by atoms with E-state index in [9.17, 15) is 29.5 Å². The molecule has 216 valence electrons. The minimum absolute atomic E-state index is 0.0186. The molecule has 0 radical (unpaired) electrons. The number of pyridine rings is 1. The van der Waals surface area contributed by atoms with Crippen LogP contribution in [-0.2, 0) is 16.0 Å². The summed E-state index contributed by atoms with van der Waals surface area (Å²) in [5.41, 5.74) is 2.12. The van der Waals surface area contributed by atoms with Gasteiger partial charge in [-0.2, -0.15) is 0 Å². The molecule has 2 atom stereocenters. The fraction of sp³-hybridized carbons (Fsp3) is 0.300. The molecule has 1 aromatic heterocycles. The van der Waals surface area contributed by atoms with Gasteiger partial charge in [-0.3, -0.25) is 19.6 Å². The van der Waals surface area contributed by atoms with Crippen LogP contribution in [-0.4, -0.2) is 63.9 Å². The summed E-state index contributed by atoms with van der Waals surface area (Å²) in [5, 5.41) is 25.3. The third-order valence-corrected chi connectivity index (χ3v) is 6.56. The number of ether oxygens (including phenoxy) is 1. The normalized spacial score (nSPS) is 12.1. The lowest BCUT2D eigenvalue weighted by atomic mass is 9.90. The molecule has 11 nitrogen and oxygen atoms in total. The number of nitrogens with one attached hydrogen (secondary N) is 2. The molecule has 3 aromatic rings. The van der Waals surface area contributed by atoms with E-state index < -0.39 is 29.7 Å². The second-order valence-corrected chi connectivity index (χ2v) is 9.17. The third kappa shape index (κ3) is 8.36. The van der Waals surface area contributed by atoms with Gasteiger partial charge in [-0.15, -0.1) is 0 Å². The maximum atomic E-state index is 13.1. The van der Waals surface area contributed by atoms with E-state index in [4.69, 9.17) is 4.74 Å². The van der Waals surface area contributed by atoms with Gasteiger partial charge < -0.3 is 20.5 Å². The molecule has 0 unspecified atom stereocenters. The Balaban J connectivity index is 1.67. The molecule has 3 rings (SSSR count). The van der Waals surface area contributed by atoms with Crippen LogP contribution in [0.15, 0.2) is 66.7 Å². The standard InChI is InChI=1S/C30H34N4O7/c1-3-26(34(40)19-35)22(15-13-20-9-6-5-7-10-20)28(36)31-18-32-29(37)25-12-8-11-24(33-25)21-14-16-23(30(38)39)27(17-21)41-4-2/h5-12,14,16-17,19,22,26,40H,3-4,13,15,18H2,1-2H3,(H,31,36)(H,32,37)(H,38,39)/t22-,26-/m1/s1. The summed E-state index contributed by atoms with van der Waals surface area (Å²) in [4.78, 5) is 53.0. The maximum Gasteiger partial charge on any atom is 0.339 e. The van der Waals surface area contributed by atoms with Crippen molar-refractivity contribution in [3.05, 3.63) is 83.6 Å². The van der Waals surface area contributed by atoms with Crippen molar-refractivity contribution >= 4 is 24.2 Å². The fourth-order valence-corrected chi connectivity index (χ4v) is 4.49. The molecule has 0 fully saturated rings. The monoisotopic (exact) mass is 562 g/mol. The lowest BCUT2D eigenvalue weighted by molar-refractivity contribution is -0.168. The van der Waals surface area contributed by atoms with Crippen molar-refractivity contribution in [3.8, 4) is 17.0 Å². The molecular formula is C30H34N4O7. The van der Waals surface area contributed by atoms with Crippen LogP contribution < -0.4 is 15.4 Å². The molecular weight excluding hydrogens is 528 g/mol. The number of aryl methyl sites for hydroxylation is 1. The molecule has 1 heterocycles. The number of hydrogen-bond acceptors (Lipinski definition) is 7. The highest BCUT2D eigenvalue weighted by Crippen LogP contribution is 2.27. The molecule has 0 bridgehead atoms. The van der Waals surface area contributed by atoms with Crippen LogP contribution in [0, 0.1) is 5.92 Å². The minimum Gasteiger partial charge on any atom is -0.493 e. The quantitative estimate of drug-likeness (QED) is 0.0948. The average Bonchev–Trinajstić information content (AvgIpc) is 2.99. The molecule has 0 aliphatic rings. The molecule has 41 heavy (non-hydrogen) atoms. The first-order valence-electron chi connectivity index (χ1n) is 13.3. The van der Waals surface area contributed by atoms with Crippen LogP contribution in [0.2, 0.25) is 0 Å². The molecule has 4 N–H and O–H groups in total. The van der Waals surface area contributed by atoms with Gasteiger partial charge >= 0.3 is 5.97 Å². The Morgan fingerprint density at radius 1 is 1.02 bits per heavy atom. The van der Waals surface area contributed by atoms with Crippen LogP contribution in [0.1, 0.15) is 53.1 Å². The Morgan fingerprint density at radius 2 is 1.78 bits per heavy atom. The number of nitrogens with zero attached hydrogens (tertiary/aromatic N) is 2. The Labute approximate surface area is 238 Å². The number of carboxylic acids is 1. The second-order valence-electron chi connectivity index (χ2n) is 9.17. The highest BCUT2D eigenvalue weighted by Gasteiger charge is 2.31. The van der Waals surface area contributed by atoms with E-state index in [1.165, 1.54) is 12.1 Å². The number of hydroxylamine groups is 2. The smallest absolute Gasteiger partial charge is 0.339 e. The zero-order chi connectivity index (χ0) is 29.8. The predicted octanol–water partition coefficient (Wildman–Crippen LogP) is 3.52.